The third kappa shape index (κ3) is 4.60. The molecule has 0 saturated carbocycles. The number of amides is 1. The number of carboxylic acids is 1. The van der Waals surface area contributed by atoms with Crippen LogP contribution in [0.15, 0.2) is 18.2 Å². The summed E-state index contributed by atoms with van der Waals surface area (Å²) in [5.74, 6) is -0.220. The quantitative estimate of drug-likeness (QED) is 0.654. The van der Waals surface area contributed by atoms with Crippen LogP contribution in [0.5, 0.6) is 11.5 Å². The van der Waals surface area contributed by atoms with E-state index in [-0.39, 0.29) is 11.3 Å². The third-order valence-corrected chi connectivity index (χ3v) is 5.61. The van der Waals surface area contributed by atoms with E-state index in [1.807, 2.05) is 0 Å². The first-order valence-corrected chi connectivity index (χ1v) is 9.44. The van der Waals surface area contributed by atoms with Crippen molar-refractivity contribution in [2.24, 2.45) is 0 Å². The van der Waals surface area contributed by atoms with Crippen LogP contribution in [0.2, 0.25) is 0 Å². The molecule has 1 aromatic carbocycles. The molecule has 7 heteroatoms. The minimum Gasteiger partial charge on any atom is -0.548 e. The van der Waals surface area contributed by atoms with Gasteiger partial charge in [-0.25, -0.2) is 0 Å². The van der Waals surface area contributed by atoms with Gasteiger partial charge in [0.1, 0.15) is 11.5 Å². The molecule has 6 nitrogen and oxygen atoms in total. The van der Waals surface area contributed by atoms with Gasteiger partial charge in [-0.05, 0) is 18.6 Å². The van der Waals surface area contributed by atoms with Crippen LogP contribution < -0.4 is 14.6 Å². The van der Waals surface area contributed by atoms with Gasteiger partial charge in [0.25, 0.3) is 5.91 Å². The molecule has 0 radical (unpaired) electrons. The van der Waals surface area contributed by atoms with E-state index in [9.17, 15) is 14.7 Å². The fraction of sp³-hybridized carbons (Fsp3) is 0.556. The van der Waals surface area contributed by atoms with Gasteiger partial charge in [-0.1, -0.05) is 26.2 Å². The highest BCUT2D eigenvalue weighted by atomic mass is 32.2. The smallest absolute Gasteiger partial charge is 0.255 e. The van der Waals surface area contributed by atoms with Gasteiger partial charge in [0.2, 0.25) is 0 Å². The van der Waals surface area contributed by atoms with E-state index in [0.717, 1.165) is 25.7 Å². The summed E-state index contributed by atoms with van der Waals surface area (Å²) in [5, 5.41) is 11.3. The molecule has 1 amide bonds. The van der Waals surface area contributed by atoms with Crippen molar-refractivity contribution in [3.8, 4) is 11.5 Å². The molecule has 138 valence electrons. The van der Waals surface area contributed by atoms with Crippen molar-refractivity contribution in [1.29, 1.82) is 0 Å². The molecule has 1 aliphatic rings. The van der Waals surface area contributed by atoms with Crippen LogP contribution >= 0.6 is 11.8 Å². The Morgan fingerprint density at radius 1 is 1.20 bits per heavy atom. The fourth-order valence-electron chi connectivity index (χ4n) is 2.89. The number of ether oxygens (including phenoxy) is 2. The molecule has 0 aliphatic carbocycles. The molecule has 1 aromatic rings. The zero-order valence-corrected chi connectivity index (χ0v) is 15.6. The molecule has 1 heterocycles. The number of hydrogen-bond acceptors (Lipinski definition) is 6. The maximum absolute atomic E-state index is 13.1. The summed E-state index contributed by atoms with van der Waals surface area (Å²) in [6.07, 6.45) is 3.86. The van der Waals surface area contributed by atoms with E-state index in [1.165, 1.54) is 30.9 Å². The Morgan fingerprint density at radius 2 is 1.84 bits per heavy atom. The average molecular weight is 366 g/mol. The minimum absolute atomic E-state index is 0.154. The zero-order chi connectivity index (χ0) is 18.4. The highest BCUT2D eigenvalue weighted by Gasteiger charge is 2.38. The van der Waals surface area contributed by atoms with Gasteiger partial charge in [0.15, 0.2) is 0 Å². The molecular formula is C18H24NO5S-. The lowest BCUT2D eigenvalue weighted by Gasteiger charge is -2.30. The molecule has 1 fully saturated rings. The van der Waals surface area contributed by atoms with Crippen LogP contribution in [0, 0.1) is 0 Å². The molecule has 1 saturated heterocycles. The summed E-state index contributed by atoms with van der Waals surface area (Å²) >= 11 is 1.50. The topological polar surface area (TPSA) is 78.9 Å². The van der Waals surface area contributed by atoms with E-state index in [0.29, 0.717) is 22.8 Å². The summed E-state index contributed by atoms with van der Waals surface area (Å²) in [5.41, 5.74) is 0.352. The molecule has 1 aliphatic heterocycles. The molecule has 25 heavy (non-hydrogen) atoms. The lowest BCUT2D eigenvalue weighted by Crippen LogP contribution is -2.50. The standard InChI is InChI=1S/C18H25NO5S/c1-4-5-6-7-16-19(15(11-25-16)18(21)22)17(20)12-8-13(23-2)10-14(9-12)24-3/h8-10,15-16H,4-7,11H2,1-3H3,(H,21,22)/p-1/t15-,16-/m1/s1. The fourth-order valence-corrected chi connectivity index (χ4v) is 4.33. The highest BCUT2D eigenvalue weighted by molar-refractivity contribution is 8.00. The van der Waals surface area contributed by atoms with Crippen molar-refractivity contribution in [1.82, 2.24) is 4.90 Å². The highest BCUT2D eigenvalue weighted by Crippen LogP contribution is 2.35. The number of rotatable bonds is 8. The summed E-state index contributed by atoms with van der Waals surface area (Å²) in [6.45, 7) is 2.11. The number of unbranched alkanes of at least 4 members (excludes halogenated alkanes) is 2. The number of thioether (sulfide) groups is 1. The van der Waals surface area contributed by atoms with Crippen molar-refractivity contribution in [3.05, 3.63) is 23.8 Å². The van der Waals surface area contributed by atoms with E-state index >= 15 is 0 Å². The Bertz CT molecular complexity index is 599. The molecule has 2 atom stereocenters. The third-order valence-electron chi connectivity index (χ3n) is 4.25. The number of benzene rings is 1. The second-order valence-electron chi connectivity index (χ2n) is 5.93. The average Bonchev–Trinajstić information content (AvgIpc) is 3.04. The first-order valence-electron chi connectivity index (χ1n) is 8.40. The lowest BCUT2D eigenvalue weighted by molar-refractivity contribution is -0.310. The molecular weight excluding hydrogens is 342 g/mol. The maximum Gasteiger partial charge on any atom is 0.255 e. The Labute approximate surface area is 152 Å². The van der Waals surface area contributed by atoms with Gasteiger partial charge in [-0.3, -0.25) is 4.79 Å². The summed E-state index contributed by atoms with van der Waals surface area (Å²) < 4.78 is 10.4. The van der Waals surface area contributed by atoms with Gasteiger partial charge in [-0.15, -0.1) is 11.8 Å². The number of hydrogen-bond donors (Lipinski definition) is 0. The maximum atomic E-state index is 13.1. The second kappa shape index (κ2) is 8.99. The van der Waals surface area contributed by atoms with Crippen LogP contribution in [-0.4, -0.2) is 48.2 Å². The molecule has 0 bridgehead atoms. The molecule has 2 rings (SSSR count). The number of carboxylic acid groups (broad SMARTS) is 1. The molecule has 0 unspecified atom stereocenters. The predicted molar refractivity (Wildman–Crippen MR) is 94.9 cm³/mol. The number of nitrogens with zero attached hydrogens (tertiary/aromatic N) is 1. The van der Waals surface area contributed by atoms with Crippen LogP contribution in [0.1, 0.15) is 43.0 Å². The van der Waals surface area contributed by atoms with Gasteiger partial charge in [0.05, 0.1) is 31.6 Å². The summed E-state index contributed by atoms with van der Waals surface area (Å²) in [7, 11) is 3.01. The van der Waals surface area contributed by atoms with Crippen LogP contribution in [0.25, 0.3) is 0 Å². The predicted octanol–water partition coefficient (Wildman–Crippen LogP) is 1.92. The minimum atomic E-state index is -1.21. The normalized spacial score (nSPS) is 19.7. The van der Waals surface area contributed by atoms with Crippen LogP contribution in [0.4, 0.5) is 0 Å². The lowest BCUT2D eigenvalue weighted by atomic mass is 10.1. The van der Waals surface area contributed by atoms with E-state index in [4.69, 9.17) is 9.47 Å². The SMILES string of the molecule is CCCCC[C@H]1SC[C@H](C(=O)[O-])N1C(=O)c1cc(OC)cc(OC)c1. The number of aliphatic carboxylic acids is 1. The number of carbonyl (C=O) groups is 2. The van der Waals surface area contributed by atoms with E-state index in [1.54, 1.807) is 18.2 Å². The van der Waals surface area contributed by atoms with Crippen molar-refractivity contribution in [2.75, 3.05) is 20.0 Å². The van der Waals surface area contributed by atoms with Gasteiger partial charge >= 0.3 is 0 Å². The number of methoxy groups -OCH3 is 2. The molecule has 0 N–H and O–H groups in total. The van der Waals surface area contributed by atoms with Crippen LogP contribution in [0.3, 0.4) is 0 Å². The van der Waals surface area contributed by atoms with Crippen molar-refractivity contribution in [2.45, 2.75) is 44.0 Å². The largest absolute Gasteiger partial charge is 0.548 e. The zero-order valence-electron chi connectivity index (χ0n) is 14.8. The van der Waals surface area contributed by atoms with Gasteiger partial charge in [-0.2, -0.15) is 0 Å². The van der Waals surface area contributed by atoms with E-state index in [2.05, 4.69) is 6.92 Å². The van der Waals surface area contributed by atoms with Gasteiger partial charge in [0, 0.05) is 17.4 Å². The number of carbonyl (C=O) groups excluding carboxylic acids is 2. The second-order valence-corrected chi connectivity index (χ2v) is 7.14. The molecule has 0 spiro atoms. The van der Waals surface area contributed by atoms with E-state index < -0.39 is 12.0 Å². The first kappa shape index (κ1) is 19.4. The van der Waals surface area contributed by atoms with Crippen LogP contribution in [-0.2, 0) is 4.79 Å². The summed E-state index contributed by atoms with van der Waals surface area (Å²) in [4.78, 5) is 26.0. The molecule has 0 aromatic heterocycles. The Kier molecular flexibility index (Phi) is 6.99. The monoisotopic (exact) mass is 366 g/mol. The Hall–Kier alpha value is -1.89. The van der Waals surface area contributed by atoms with Crippen molar-refractivity contribution >= 4 is 23.6 Å². The van der Waals surface area contributed by atoms with Crippen molar-refractivity contribution < 1.29 is 24.2 Å². The Balaban J connectivity index is 2.29. The van der Waals surface area contributed by atoms with Gasteiger partial charge < -0.3 is 24.3 Å². The van der Waals surface area contributed by atoms with Crippen molar-refractivity contribution in [3.63, 3.8) is 0 Å². The first-order chi connectivity index (χ1) is 12.0. The summed E-state index contributed by atoms with van der Waals surface area (Å²) in [6, 6.07) is 3.96. The Morgan fingerprint density at radius 3 is 2.36 bits per heavy atom.